The molecule has 0 aliphatic rings. The summed E-state index contributed by atoms with van der Waals surface area (Å²) in [6.07, 6.45) is 0. The molecule has 0 aliphatic heterocycles. The number of aromatic nitrogens is 1. The summed E-state index contributed by atoms with van der Waals surface area (Å²) in [7, 11) is 0. The van der Waals surface area contributed by atoms with Crippen molar-refractivity contribution in [1.29, 1.82) is 0 Å². The predicted octanol–water partition coefficient (Wildman–Crippen LogP) is 2.92. The lowest BCUT2D eigenvalue weighted by molar-refractivity contribution is -0.126. The minimum Gasteiger partial charge on any atom is -0.489 e. The van der Waals surface area contributed by atoms with Crippen LogP contribution in [0.1, 0.15) is 27.4 Å². The number of ether oxygens (including phenoxy) is 2. The van der Waals surface area contributed by atoms with E-state index in [2.05, 4.69) is 15.8 Å². The van der Waals surface area contributed by atoms with Crippen LogP contribution in [0.4, 0.5) is 10.1 Å². The first kappa shape index (κ1) is 23.5. The molecule has 10 heteroatoms. The second-order valence-corrected chi connectivity index (χ2v) is 7.03. The Labute approximate surface area is 188 Å². The number of halogens is 1. The van der Waals surface area contributed by atoms with E-state index in [4.69, 9.17) is 14.0 Å². The van der Waals surface area contributed by atoms with Crippen molar-refractivity contribution >= 4 is 23.5 Å². The molecule has 0 unspecified atom stereocenters. The molecule has 0 bridgehead atoms. The number of carbonyl (C=O) groups excluding carboxylic acids is 3. The third-order valence-electron chi connectivity index (χ3n) is 4.54. The molecular formula is C23H22FN3O6. The summed E-state index contributed by atoms with van der Waals surface area (Å²) < 4.78 is 28.7. The van der Waals surface area contributed by atoms with E-state index >= 15 is 0 Å². The number of nitrogens with zero attached hydrogens (tertiary/aromatic N) is 1. The first-order valence-corrected chi connectivity index (χ1v) is 9.95. The maximum Gasteiger partial charge on any atom is 0.338 e. The maximum absolute atomic E-state index is 12.9. The van der Waals surface area contributed by atoms with Gasteiger partial charge in [-0.25, -0.2) is 9.18 Å². The topological polar surface area (TPSA) is 120 Å². The van der Waals surface area contributed by atoms with Gasteiger partial charge in [-0.15, -0.1) is 0 Å². The van der Waals surface area contributed by atoms with E-state index in [1.807, 2.05) is 0 Å². The summed E-state index contributed by atoms with van der Waals surface area (Å²) in [5.41, 5.74) is 2.13. The monoisotopic (exact) mass is 455 g/mol. The number of carbonyl (C=O) groups is 3. The van der Waals surface area contributed by atoms with Gasteiger partial charge in [-0.3, -0.25) is 9.59 Å². The quantitative estimate of drug-likeness (QED) is 0.476. The van der Waals surface area contributed by atoms with E-state index in [9.17, 15) is 18.8 Å². The van der Waals surface area contributed by atoms with Crippen LogP contribution in [-0.4, -0.2) is 36.1 Å². The van der Waals surface area contributed by atoms with E-state index in [1.54, 1.807) is 26.0 Å². The average molecular weight is 455 g/mol. The number of esters is 1. The smallest absolute Gasteiger partial charge is 0.338 e. The first-order valence-electron chi connectivity index (χ1n) is 9.95. The van der Waals surface area contributed by atoms with Gasteiger partial charge >= 0.3 is 5.97 Å². The molecule has 0 atom stereocenters. The number of hydrogen-bond donors (Lipinski definition) is 2. The van der Waals surface area contributed by atoms with Gasteiger partial charge in [-0.1, -0.05) is 11.2 Å². The van der Waals surface area contributed by atoms with Gasteiger partial charge in [-0.05, 0) is 56.3 Å². The Hall–Kier alpha value is -4.21. The Morgan fingerprint density at radius 3 is 2.52 bits per heavy atom. The predicted molar refractivity (Wildman–Crippen MR) is 115 cm³/mol. The number of amides is 2. The SMILES string of the molecule is Cc1noc(C)c1COc1cccc(C(=O)OCC(=O)NCC(=O)Nc2ccc(F)cc2)c1. The van der Waals surface area contributed by atoms with E-state index in [0.29, 0.717) is 17.2 Å². The summed E-state index contributed by atoms with van der Waals surface area (Å²) >= 11 is 0. The van der Waals surface area contributed by atoms with Gasteiger partial charge in [0.2, 0.25) is 5.91 Å². The summed E-state index contributed by atoms with van der Waals surface area (Å²) in [5.74, 6) is -1.22. The van der Waals surface area contributed by atoms with Crippen LogP contribution < -0.4 is 15.4 Å². The van der Waals surface area contributed by atoms with Gasteiger partial charge in [0.05, 0.1) is 23.4 Å². The van der Waals surface area contributed by atoms with Gasteiger partial charge in [0, 0.05) is 5.69 Å². The Balaban J connectivity index is 1.43. The highest BCUT2D eigenvalue weighted by atomic mass is 19.1. The molecule has 2 amide bonds. The van der Waals surface area contributed by atoms with Crippen molar-refractivity contribution in [3.8, 4) is 5.75 Å². The second kappa shape index (κ2) is 10.9. The van der Waals surface area contributed by atoms with Crippen LogP contribution >= 0.6 is 0 Å². The van der Waals surface area contributed by atoms with Crippen molar-refractivity contribution in [3.05, 3.63) is 76.9 Å². The van der Waals surface area contributed by atoms with E-state index in [1.165, 1.54) is 36.4 Å². The van der Waals surface area contributed by atoms with Gasteiger partial charge in [0.1, 0.15) is 23.9 Å². The minimum absolute atomic E-state index is 0.202. The fourth-order valence-electron chi connectivity index (χ4n) is 2.76. The third kappa shape index (κ3) is 6.89. The van der Waals surface area contributed by atoms with Crippen molar-refractivity contribution in [2.24, 2.45) is 0 Å². The normalized spacial score (nSPS) is 10.4. The molecule has 3 aromatic rings. The van der Waals surface area contributed by atoms with Crippen LogP contribution in [0.3, 0.4) is 0 Å². The molecule has 0 radical (unpaired) electrons. The van der Waals surface area contributed by atoms with Crippen LogP contribution in [0.2, 0.25) is 0 Å². The van der Waals surface area contributed by atoms with Crippen molar-refractivity contribution in [2.75, 3.05) is 18.5 Å². The highest BCUT2D eigenvalue weighted by Gasteiger charge is 2.14. The summed E-state index contributed by atoms with van der Waals surface area (Å²) in [5, 5.41) is 8.69. The largest absolute Gasteiger partial charge is 0.489 e. The summed E-state index contributed by atoms with van der Waals surface area (Å²) in [6, 6.07) is 11.5. The van der Waals surface area contributed by atoms with E-state index in [-0.39, 0.29) is 18.7 Å². The second-order valence-electron chi connectivity index (χ2n) is 7.03. The highest BCUT2D eigenvalue weighted by Crippen LogP contribution is 2.19. The van der Waals surface area contributed by atoms with Crippen molar-refractivity contribution < 1.29 is 32.8 Å². The molecule has 2 N–H and O–H groups in total. The highest BCUT2D eigenvalue weighted by molar-refractivity contribution is 5.95. The molecule has 3 rings (SSSR count). The maximum atomic E-state index is 12.9. The molecular weight excluding hydrogens is 433 g/mol. The van der Waals surface area contributed by atoms with Crippen molar-refractivity contribution in [3.63, 3.8) is 0 Å². The van der Waals surface area contributed by atoms with Gasteiger partial charge in [-0.2, -0.15) is 0 Å². The Morgan fingerprint density at radius 1 is 1.06 bits per heavy atom. The molecule has 9 nitrogen and oxygen atoms in total. The molecule has 0 aliphatic carbocycles. The molecule has 0 spiro atoms. The van der Waals surface area contributed by atoms with Crippen LogP contribution in [0.5, 0.6) is 5.75 Å². The lowest BCUT2D eigenvalue weighted by Crippen LogP contribution is -2.35. The zero-order valence-corrected chi connectivity index (χ0v) is 18.0. The van der Waals surface area contributed by atoms with Crippen LogP contribution in [0.25, 0.3) is 0 Å². The number of nitrogens with one attached hydrogen (secondary N) is 2. The Bertz CT molecular complexity index is 1120. The Morgan fingerprint density at radius 2 is 1.82 bits per heavy atom. The fraction of sp³-hybridized carbons (Fsp3) is 0.217. The molecule has 1 heterocycles. The van der Waals surface area contributed by atoms with Gasteiger partial charge in [0.25, 0.3) is 5.91 Å². The number of benzene rings is 2. The third-order valence-corrected chi connectivity index (χ3v) is 4.54. The van der Waals surface area contributed by atoms with E-state index < -0.39 is 30.2 Å². The molecule has 2 aromatic carbocycles. The molecule has 33 heavy (non-hydrogen) atoms. The molecule has 0 saturated carbocycles. The zero-order chi connectivity index (χ0) is 23.8. The number of hydrogen-bond acceptors (Lipinski definition) is 7. The van der Waals surface area contributed by atoms with Crippen molar-refractivity contribution in [1.82, 2.24) is 10.5 Å². The lowest BCUT2D eigenvalue weighted by Gasteiger charge is -2.09. The van der Waals surface area contributed by atoms with Crippen LogP contribution in [-0.2, 0) is 20.9 Å². The lowest BCUT2D eigenvalue weighted by atomic mass is 10.2. The summed E-state index contributed by atoms with van der Waals surface area (Å²) in [4.78, 5) is 36.0. The standard InChI is InChI=1S/C23H22FN3O6/c1-14-20(15(2)33-27-14)12-31-19-5-3-4-16(10-19)23(30)32-13-22(29)25-11-21(28)26-18-8-6-17(24)7-9-18/h3-10H,11-13H2,1-2H3,(H,25,29)(H,26,28). The number of aryl methyl sites for hydroxylation is 2. The van der Waals surface area contributed by atoms with Gasteiger partial charge < -0.3 is 24.6 Å². The van der Waals surface area contributed by atoms with Crippen LogP contribution in [0, 0.1) is 19.7 Å². The molecule has 0 saturated heterocycles. The number of anilines is 1. The molecule has 0 fully saturated rings. The number of rotatable bonds is 9. The zero-order valence-electron chi connectivity index (χ0n) is 18.0. The minimum atomic E-state index is -0.719. The average Bonchev–Trinajstić information content (AvgIpc) is 3.13. The van der Waals surface area contributed by atoms with Gasteiger partial charge in [0.15, 0.2) is 6.61 Å². The fourth-order valence-corrected chi connectivity index (χ4v) is 2.76. The van der Waals surface area contributed by atoms with Crippen molar-refractivity contribution in [2.45, 2.75) is 20.5 Å². The molecule has 172 valence electrons. The van der Waals surface area contributed by atoms with Crippen LogP contribution in [0.15, 0.2) is 53.1 Å². The Kier molecular flexibility index (Phi) is 7.74. The molecule has 1 aromatic heterocycles. The first-order chi connectivity index (χ1) is 15.8. The van der Waals surface area contributed by atoms with E-state index in [0.717, 1.165) is 11.3 Å². The summed E-state index contributed by atoms with van der Waals surface area (Å²) in [6.45, 7) is 2.91.